The number of unbranched alkanes of at least 4 members (excludes halogenated alkanes) is 1. The smallest absolute Gasteiger partial charge is 0.234 e. The number of fused-ring (bicyclic) bond motifs is 1. The van der Waals surface area contributed by atoms with Crippen LogP contribution in [-0.4, -0.2) is 61.8 Å². The summed E-state index contributed by atoms with van der Waals surface area (Å²) < 4.78 is 33.5. The van der Waals surface area contributed by atoms with Crippen LogP contribution in [0.15, 0.2) is 47.4 Å². The Labute approximate surface area is 227 Å². The molecule has 0 saturated carbocycles. The van der Waals surface area contributed by atoms with Crippen molar-refractivity contribution in [2.24, 2.45) is 0 Å². The van der Waals surface area contributed by atoms with Gasteiger partial charge in [0.05, 0.1) is 30.3 Å². The highest BCUT2D eigenvalue weighted by Gasteiger charge is 2.42. The van der Waals surface area contributed by atoms with Crippen molar-refractivity contribution < 1.29 is 27.7 Å². The Morgan fingerprint density at radius 3 is 2.58 bits per heavy atom. The normalized spacial score (nSPS) is 20.5. The fraction of sp³-hybridized carbons (Fsp3) is 0.519. The van der Waals surface area contributed by atoms with E-state index in [1.54, 1.807) is 12.1 Å². The van der Waals surface area contributed by atoms with E-state index in [9.17, 15) is 13.2 Å². The van der Waals surface area contributed by atoms with Gasteiger partial charge in [-0.1, -0.05) is 57.0 Å². The molecule has 0 saturated heterocycles. The number of methoxy groups -OCH3 is 1. The molecule has 9 nitrogen and oxygen atoms in total. The summed E-state index contributed by atoms with van der Waals surface area (Å²) in [6, 6.07) is 12.9. The number of ether oxygens (including phenoxy) is 1. The predicted molar refractivity (Wildman–Crippen MR) is 150 cm³/mol. The maximum Gasteiger partial charge on any atom is 0.234 e. The first-order chi connectivity index (χ1) is 18.1. The van der Waals surface area contributed by atoms with Crippen molar-refractivity contribution in [2.45, 2.75) is 62.6 Å². The Hall–Kier alpha value is -2.07. The number of carbonyl (C=O) groups is 1. The average Bonchev–Trinajstić information content (AvgIpc) is 3.00. The molecule has 5 N–H and O–H groups in total. The number of benzene rings is 2. The molecule has 2 unspecified atom stereocenters. The van der Waals surface area contributed by atoms with Gasteiger partial charge < -0.3 is 25.2 Å². The second kappa shape index (κ2) is 13.8. The van der Waals surface area contributed by atoms with E-state index in [0.29, 0.717) is 29.8 Å². The number of sulfone groups is 1. The standard InChI is InChI=1S/C27H40N3O6PS/c1-4-6-12-27(5-2)19-38(34,35)24-15-21(17-29-25(31)18-28-13-14-37(32)33)23(36-3)16-22(24)26(30-27)20-10-8-7-9-11-20/h7-11,15-16,26,28,30,32-33H,4-6,12-14,17-19H2,1-3H3,(H,29,31). The van der Waals surface area contributed by atoms with Gasteiger partial charge in [0.15, 0.2) is 18.2 Å². The maximum atomic E-state index is 13.9. The van der Waals surface area contributed by atoms with Gasteiger partial charge in [-0.15, -0.1) is 0 Å². The molecule has 11 heteroatoms. The lowest BCUT2D eigenvalue weighted by atomic mass is 9.88. The number of hydrogen-bond donors (Lipinski definition) is 5. The van der Waals surface area contributed by atoms with Crippen LogP contribution in [0.1, 0.15) is 62.3 Å². The second-order valence-electron chi connectivity index (χ2n) is 9.74. The zero-order valence-corrected chi connectivity index (χ0v) is 24.1. The molecule has 0 radical (unpaired) electrons. The molecule has 0 spiro atoms. The zero-order chi connectivity index (χ0) is 27.8. The van der Waals surface area contributed by atoms with Crippen molar-refractivity contribution in [1.82, 2.24) is 16.0 Å². The van der Waals surface area contributed by atoms with Crippen LogP contribution in [0.3, 0.4) is 0 Å². The zero-order valence-electron chi connectivity index (χ0n) is 22.4. The molecule has 1 amide bonds. The Morgan fingerprint density at radius 1 is 1.21 bits per heavy atom. The highest BCUT2D eigenvalue weighted by atomic mass is 32.2. The van der Waals surface area contributed by atoms with E-state index in [-0.39, 0.29) is 41.8 Å². The molecular weight excluding hydrogens is 525 g/mol. The fourth-order valence-corrected chi connectivity index (χ4v) is 7.42. The van der Waals surface area contributed by atoms with E-state index in [1.165, 1.54) is 7.11 Å². The number of amides is 1. The van der Waals surface area contributed by atoms with Crippen LogP contribution in [0, 0.1) is 0 Å². The molecule has 2 atom stereocenters. The molecule has 1 aliphatic rings. The number of rotatable bonds is 13. The van der Waals surface area contributed by atoms with E-state index >= 15 is 0 Å². The van der Waals surface area contributed by atoms with E-state index in [4.69, 9.17) is 14.5 Å². The fourth-order valence-electron chi connectivity index (χ4n) is 4.89. The summed E-state index contributed by atoms with van der Waals surface area (Å²) in [6.45, 7) is 4.55. The quantitative estimate of drug-likeness (QED) is 0.185. The lowest BCUT2D eigenvalue weighted by molar-refractivity contribution is -0.120. The SMILES string of the molecule is CCCCC1(CC)CS(=O)(=O)c2cc(CNC(=O)CNCCP(O)O)c(OC)cc2C(c2ccccc2)N1. The first-order valence-electron chi connectivity index (χ1n) is 13.0. The van der Waals surface area contributed by atoms with Crippen molar-refractivity contribution in [3.05, 3.63) is 59.2 Å². The van der Waals surface area contributed by atoms with E-state index in [2.05, 4.69) is 22.9 Å². The van der Waals surface area contributed by atoms with E-state index in [0.717, 1.165) is 24.8 Å². The Kier molecular flexibility index (Phi) is 11.1. The molecule has 38 heavy (non-hydrogen) atoms. The second-order valence-corrected chi connectivity index (χ2v) is 12.9. The topological polar surface area (TPSA) is 137 Å². The largest absolute Gasteiger partial charge is 0.496 e. The summed E-state index contributed by atoms with van der Waals surface area (Å²) in [5, 5.41) is 9.41. The number of hydrogen-bond acceptors (Lipinski definition) is 8. The molecule has 1 heterocycles. The summed E-state index contributed by atoms with van der Waals surface area (Å²) in [5.74, 6) is 0.199. The lowest BCUT2D eigenvalue weighted by Crippen LogP contribution is -2.50. The van der Waals surface area contributed by atoms with Gasteiger partial charge >= 0.3 is 0 Å². The molecule has 210 valence electrons. The molecule has 0 aliphatic carbocycles. The number of nitrogens with one attached hydrogen (secondary N) is 3. The van der Waals surface area contributed by atoms with Crippen LogP contribution in [0.5, 0.6) is 5.75 Å². The van der Waals surface area contributed by atoms with Gasteiger partial charge in [0, 0.05) is 30.4 Å². The van der Waals surface area contributed by atoms with Crippen molar-refractivity contribution >= 4 is 24.1 Å². The van der Waals surface area contributed by atoms with Crippen molar-refractivity contribution in [3.8, 4) is 5.75 Å². The first-order valence-corrected chi connectivity index (χ1v) is 16.1. The summed E-state index contributed by atoms with van der Waals surface area (Å²) >= 11 is 0. The molecule has 2 aromatic carbocycles. The molecule has 2 aromatic rings. The maximum absolute atomic E-state index is 13.9. The van der Waals surface area contributed by atoms with Gasteiger partial charge in [-0.3, -0.25) is 10.1 Å². The summed E-state index contributed by atoms with van der Waals surface area (Å²) in [5.41, 5.74) is 1.61. The highest BCUT2D eigenvalue weighted by molar-refractivity contribution is 7.91. The summed E-state index contributed by atoms with van der Waals surface area (Å²) in [6.07, 6.45) is 3.48. The minimum absolute atomic E-state index is 0.00514. The molecular formula is C27H40N3O6PS. The third-order valence-corrected chi connectivity index (χ3v) is 9.62. The third kappa shape index (κ3) is 7.74. The highest BCUT2D eigenvalue weighted by Crippen LogP contribution is 2.40. The van der Waals surface area contributed by atoms with Gasteiger partial charge in [0.25, 0.3) is 0 Å². The molecule has 0 fully saturated rings. The van der Waals surface area contributed by atoms with Gasteiger partial charge in [-0.05, 0) is 36.1 Å². The van der Waals surface area contributed by atoms with Crippen LogP contribution in [0.4, 0.5) is 0 Å². The third-order valence-electron chi connectivity index (χ3n) is 7.04. The lowest BCUT2D eigenvalue weighted by Gasteiger charge is -2.36. The van der Waals surface area contributed by atoms with Gasteiger partial charge in [0.2, 0.25) is 5.91 Å². The van der Waals surface area contributed by atoms with Crippen LogP contribution < -0.4 is 20.7 Å². The van der Waals surface area contributed by atoms with Crippen LogP contribution >= 0.6 is 8.38 Å². The summed E-state index contributed by atoms with van der Waals surface area (Å²) in [4.78, 5) is 30.6. The number of carbonyl (C=O) groups excluding carboxylic acids is 1. The van der Waals surface area contributed by atoms with Gasteiger partial charge in [0.1, 0.15) is 5.75 Å². The minimum Gasteiger partial charge on any atom is -0.496 e. The molecule has 0 aromatic heterocycles. The first kappa shape index (κ1) is 30.5. The minimum atomic E-state index is -3.67. The van der Waals surface area contributed by atoms with E-state index in [1.807, 2.05) is 37.3 Å². The van der Waals surface area contributed by atoms with Crippen LogP contribution in [0.25, 0.3) is 0 Å². The van der Waals surface area contributed by atoms with Crippen LogP contribution in [-0.2, 0) is 21.2 Å². The van der Waals surface area contributed by atoms with Crippen molar-refractivity contribution in [1.29, 1.82) is 0 Å². The molecule has 1 aliphatic heterocycles. The summed E-state index contributed by atoms with van der Waals surface area (Å²) in [7, 11) is -4.14. The Balaban J connectivity index is 1.98. The Morgan fingerprint density at radius 2 is 1.95 bits per heavy atom. The van der Waals surface area contributed by atoms with E-state index < -0.39 is 23.8 Å². The monoisotopic (exact) mass is 565 g/mol. The van der Waals surface area contributed by atoms with Crippen molar-refractivity contribution in [2.75, 3.05) is 32.1 Å². The molecule has 3 rings (SSSR count). The van der Waals surface area contributed by atoms with Crippen LogP contribution in [0.2, 0.25) is 0 Å². The van der Waals surface area contributed by atoms with Gasteiger partial charge in [-0.2, -0.15) is 0 Å². The average molecular weight is 566 g/mol. The van der Waals surface area contributed by atoms with Gasteiger partial charge in [-0.25, -0.2) is 8.42 Å². The van der Waals surface area contributed by atoms with Crippen molar-refractivity contribution in [3.63, 3.8) is 0 Å². The Bertz CT molecular complexity index is 1180. The predicted octanol–water partition coefficient (Wildman–Crippen LogP) is 3.00. The molecule has 0 bridgehead atoms.